The molecule has 24 heavy (non-hydrogen) atoms. The molecule has 120 valence electrons. The third-order valence-electron chi connectivity index (χ3n) is 4.16. The minimum atomic E-state index is -0.597. The van der Waals surface area contributed by atoms with Gasteiger partial charge in [0.1, 0.15) is 11.1 Å². The highest BCUT2D eigenvalue weighted by Gasteiger charge is 2.28. The second-order valence-corrected chi connectivity index (χ2v) is 6.67. The van der Waals surface area contributed by atoms with Gasteiger partial charge in [0.15, 0.2) is 0 Å². The second kappa shape index (κ2) is 5.79. The second-order valence-electron chi connectivity index (χ2n) is 5.53. The fraction of sp³-hybridized carbons (Fsp3) is 0.167. The topological polar surface area (TPSA) is 63.4 Å². The van der Waals surface area contributed by atoms with Crippen molar-refractivity contribution in [2.24, 2.45) is 0 Å². The van der Waals surface area contributed by atoms with Gasteiger partial charge in [0.2, 0.25) is 0 Å². The average Bonchev–Trinajstić information content (AvgIpc) is 2.61. The van der Waals surface area contributed by atoms with Crippen LogP contribution in [0.4, 0.5) is 5.69 Å². The van der Waals surface area contributed by atoms with Crippen LogP contribution in [0.5, 0.6) is 0 Å². The predicted molar refractivity (Wildman–Crippen MR) is 93.9 cm³/mol. The number of hydrogen-bond donors (Lipinski definition) is 0. The Balaban J connectivity index is 1.87. The Kier molecular flexibility index (Phi) is 3.61. The van der Waals surface area contributed by atoms with E-state index in [1.165, 1.54) is 0 Å². The lowest BCUT2D eigenvalue weighted by atomic mass is 10.0. The molecule has 6 heteroatoms. The van der Waals surface area contributed by atoms with Crippen molar-refractivity contribution in [2.75, 3.05) is 17.2 Å². The molecule has 1 aliphatic heterocycles. The molecule has 1 amide bonds. The van der Waals surface area contributed by atoms with Gasteiger partial charge in [0.05, 0.1) is 11.9 Å². The van der Waals surface area contributed by atoms with Gasteiger partial charge in [-0.05, 0) is 24.6 Å². The fourth-order valence-electron chi connectivity index (χ4n) is 2.96. The summed E-state index contributed by atoms with van der Waals surface area (Å²) in [6, 6.07) is 9.13. The number of para-hydroxylation sites is 1. The maximum absolute atomic E-state index is 13.1. The molecule has 0 unspecified atom stereocenters. The lowest BCUT2D eigenvalue weighted by Crippen LogP contribution is -2.38. The number of fused-ring (bicyclic) bond motifs is 2. The van der Waals surface area contributed by atoms with Crippen LogP contribution in [0.25, 0.3) is 11.0 Å². The molecule has 3 heterocycles. The van der Waals surface area contributed by atoms with Crippen LogP contribution in [-0.4, -0.2) is 23.2 Å². The van der Waals surface area contributed by atoms with Gasteiger partial charge in [0.25, 0.3) is 5.91 Å². The monoisotopic (exact) mass is 338 g/mol. The van der Waals surface area contributed by atoms with Gasteiger partial charge in [-0.15, -0.1) is 11.8 Å². The van der Waals surface area contributed by atoms with Crippen LogP contribution in [-0.2, 0) is 0 Å². The van der Waals surface area contributed by atoms with Crippen LogP contribution in [0.3, 0.4) is 0 Å². The highest BCUT2D eigenvalue weighted by atomic mass is 32.2. The molecule has 5 nitrogen and oxygen atoms in total. The number of hydrogen-bond acceptors (Lipinski definition) is 5. The van der Waals surface area contributed by atoms with Gasteiger partial charge in [-0.3, -0.25) is 9.78 Å². The summed E-state index contributed by atoms with van der Waals surface area (Å²) in [6.07, 6.45) is 3.37. The molecule has 0 bridgehead atoms. The smallest absolute Gasteiger partial charge is 0.349 e. The Morgan fingerprint density at radius 2 is 2.12 bits per heavy atom. The van der Waals surface area contributed by atoms with Crippen molar-refractivity contribution in [1.29, 1.82) is 0 Å². The SMILES string of the molecule is Cc1c(C(=O)N2CCSc3ccncc32)c(=O)oc2ccccc12. The van der Waals surface area contributed by atoms with Crippen molar-refractivity contribution < 1.29 is 9.21 Å². The molecule has 4 rings (SSSR count). The molecule has 1 aromatic carbocycles. The van der Waals surface area contributed by atoms with E-state index in [0.717, 1.165) is 21.7 Å². The van der Waals surface area contributed by atoms with Gasteiger partial charge in [0, 0.05) is 28.8 Å². The highest BCUT2D eigenvalue weighted by Crippen LogP contribution is 2.34. The third-order valence-corrected chi connectivity index (χ3v) is 5.20. The van der Waals surface area contributed by atoms with Crippen LogP contribution in [0.15, 0.2) is 56.8 Å². The number of carbonyl (C=O) groups excluding carboxylic acids is 1. The van der Waals surface area contributed by atoms with Crippen LogP contribution in [0.1, 0.15) is 15.9 Å². The Bertz CT molecular complexity index is 1010. The van der Waals surface area contributed by atoms with Crippen molar-refractivity contribution in [2.45, 2.75) is 11.8 Å². The van der Waals surface area contributed by atoms with Gasteiger partial charge < -0.3 is 9.32 Å². The number of thioether (sulfide) groups is 1. The first kappa shape index (κ1) is 15.0. The number of nitrogens with zero attached hydrogens (tertiary/aromatic N) is 2. The summed E-state index contributed by atoms with van der Waals surface area (Å²) in [5.74, 6) is 0.447. The van der Waals surface area contributed by atoms with Gasteiger partial charge in [-0.25, -0.2) is 4.79 Å². The van der Waals surface area contributed by atoms with Gasteiger partial charge >= 0.3 is 5.63 Å². The van der Waals surface area contributed by atoms with E-state index in [-0.39, 0.29) is 11.5 Å². The van der Waals surface area contributed by atoms with Gasteiger partial charge in [-0.2, -0.15) is 0 Å². The van der Waals surface area contributed by atoms with E-state index in [4.69, 9.17) is 4.42 Å². The van der Waals surface area contributed by atoms with Crippen molar-refractivity contribution >= 4 is 34.3 Å². The molecule has 0 N–H and O–H groups in total. The first-order chi connectivity index (χ1) is 11.7. The first-order valence-corrected chi connectivity index (χ1v) is 8.56. The summed E-state index contributed by atoms with van der Waals surface area (Å²) in [7, 11) is 0. The maximum Gasteiger partial charge on any atom is 0.349 e. The summed E-state index contributed by atoms with van der Waals surface area (Å²) in [5, 5.41) is 0.776. The molecule has 2 aromatic heterocycles. The van der Waals surface area contributed by atoms with Gasteiger partial charge in [-0.1, -0.05) is 18.2 Å². The molecular weight excluding hydrogens is 324 g/mol. The van der Waals surface area contributed by atoms with E-state index in [1.807, 2.05) is 18.2 Å². The normalized spacial score (nSPS) is 13.8. The van der Waals surface area contributed by atoms with Crippen LogP contribution < -0.4 is 10.5 Å². The number of pyridine rings is 1. The van der Waals surface area contributed by atoms with Crippen molar-refractivity contribution in [3.63, 3.8) is 0 Å². The molecule has 0 fully saturated rings. The van der Waals surface area contributed by atoms with Crippen molar-refractivity contribution in [1.82, 2.24) is 4.98 Å². The minimum absolute atomic E-state index is 0.0930. The molecule has 3 aromatic rings. The molecule has 0 saturated heterocycles. The Hall–Kier alpha value is -2.60. The standard InChI is InChI=1S/C18H14N2O3S/c1-11-12-4-2-3-5-14(12)23-18(22)16(11)17(21)20-8-9-24-15-6-7-19-10-13(15)20/h2-7,10H,8-9H2,1H3. The Labute approximate surface area is 142 Å². The van der Waals surface area contributed by atoms with E-state index >= 15 is 0 Å². The summed E-state index contributed by atoms with van der Waals surface area (Å²) in [6.45, 7) is 2.32. The van der Waals surface area contributed by atoms with E-state index in [2.05, 4.69) is 4.98 Å². The zero-order chi connectivity index (χ0) is 16.7. The van der Waals surface area contributed by atoms with E-state index in [0.29, 0.717) is 17.7 Å². The number of anilines is 1. The maximum atomic E-state index is 13.1. The summed E-state index contributed by atoms with van der Waals surface area (Å²) < 4.78 is 5.35. The summed E-state index contributed by atoms with van der Waals surface area (Å²) in [5.41, 5.74) is 1.38. The number of amides is 1. The Morgan fingerprint density at radius 3 is 3.00 bits per heavy atom. The predicted octanol–water partition coefficient (Wildman–Crippen LogP) is 3.25. The molecule has 0 saturated carbocycles. The number of aryl methyl sites for hydroxylation is 1. The average molecular weight is 338 g/mol. The summed E-state index contributed by atoms with van der Waals surface area (Å²) >= 11 is 1.68. The number of carbonyl (C=O) groups is 1. The number of benzene rings is 1. The number of aromatic nitrogens is 1. The zero-order valence-electron chi connectivity index (χ0n) is 13.0. The lowest BCUT2D eigenvalue weighted by Gasteiger charge is -2.28. The van der Waals surface area contributed by atoms with Crippen molar-refractivity contribution in [3.8, 4) is 0 Å². The highest BCUT2D eigenvalue weighted by molar-refractivity contribution is 7.99. The molecule has 0 spiro atoms. The molecular formula is C18H14N2O3S. The first-order valence-electron chi connectivity index (χ1n) is 7.58. The minimum Gasteiger partial charge on any atom is -0.422 e. The third kappa shape index (κ3) is 2.30. The number of rotatable bonds is 1. The molecule has 0 aliphatic carbocycles. The van der Waals surface area contributed by atoms with E-state index in [9.17, 15) is 9.59 Å². The van der Waals surface area contributed by atoms with Crippen LogP contribution in [0.2, 0.25) is 0 Å². The van der Waals surface area contributed by atoms with E-state index < -0.39 is 5.63 Å². The van der Waals surface area contributed by atoms with Crippen LogP contribution in [0, 0.1) is 6.92 Å². The fourth-order valence-corrected chi connectivity index (χ4v) is 3.92. The van der Waals surface area contributed by atoms with E-state index in [1.54, 1.807) is 48.1 Å². The Morgan fingerprint density at radius 1 is 1.29 bits per heavy atom. The zero-order valence-corrected chi connectivity index (χ0v) is 13.8. The molecule has 0 atom stereocenters. The van der Waals surface area contributed by atoms with Crippen LogP contribution >= 0.6 is 11.8 Å². The quantitative estimate of drug-likeness (QED) is 0.637. The molecule has 1 aliphatic rings. The lowest BCUT2D eigenvalue weighted by molar-refractivity contribution is 0.0983. The molecule has 0 radical (unpaired) electrons. The summed E-state index contributed by atoms with van der Waals surface area (Å²) in [4.78, 5) is 32.2. The largest absolute Gasteiger partial charge is 0.422 e. The van der Waals surface area contributed by atoms with Crippen molar-refractivity contribution in [3.05, 3.63) is 64.3 Å².